The van der Waals surface area contributed by atoms with E-state index in [0.717, 1.165) is 43.7 Å². The van der Waals surface area contributed by atoms with E-state index in [1.165, 1.54) is 25.7 Å². The Bertz CT molecular complexity index is 516. The monoisotopic (exact) mass is 304 g/mol. The summed E-state index contributed by atoms with van der Waals surface area (Å²) in [5, 5.41) is 6.93. The van der Waals surface area contributed by atoms with Gasteiger partial charge in [0.15, 0.2) is 5.82 Å². The molecule has 0 spiro atoms. The lowest BCUT2D eigenvalue weighted by Crippen LogP contribution is -2.19. The number of nitrogens with one attached hydrogen (secondary N) is 1. The van der Waals surface area contributed by atoms with E-state index in [2.05, 4.69) is 10.5 Å². The third-order valence-corrected chi connectivity index (χ3v) is 5.30. The molecule has 2 saturated carbocycles. The van der Waals surface area contributed by atoms with Gasteiger partial charge in [-0.3, -0.25) is 4.79 Å². The molecule has 2 heterocycles. The van der Waals surface area contributed by atoms with Crippen LogP contribution in [0.1, 0.15) is 56.6 Å². The summed E-state index contributed by atoms with van der Waals surface area (Å²) in [6, 6.07) is 1.89. The number of aromatic nitrogens is 1. The van der Waals surface area contributed by atoms with Gasteiger partial charge in [0.05, 0.1) is 0 Å². The van der Waals surface area contributed by atoms with E-state index in [9.17, 15) is 4.79 Å². The average molecular weight is 304 g/mol. The van der Waals surface area contributed by atoms with Crippen LogP contribution < -0.4 is 5.32 Å². The molecule has 1 amide bonds. The number of hydrogen-bond donors (Lipinski definition) is 1. The van der Waals surface area contributed by atoms with Gasteiger partial charge in [0.1, 0.15) is 5.76 Å². The first-order valence-electron chi connectivity index (χ1n) is 8.64. The van der Waals surface area contributed by atoms with E-state index in [4.69, 9.17) is 9.26 Å². The van der Waals surface area contributed by atoms with E-state index >= 15 is 0 Å². The number of ether oxygens (including phenoxy) is 1. The van der Waals surface area contributed by atoms with Gasteiger partial charge in [-0.25, -0.2) is 0 Å². The highest BCUT2D eigenvalue weighted by Crippen LogP contribution is 2.50. The fraction of sp³-hybridized carbons (Fsp3) is 0.765. The molecule has 1 aromatic rings. The molecular formula is C17H24N2O3. The molecule has 0 unspecified atom stereocenters. The lowest BCUT2D eigenvalue weighted by molar-refractivity contribution is -0.117. The van der Waals surface area contributed by atoms with Crippen molar-refractivity contribution in [2.24, 2.45) is 17.8 Å². The summed E-state index contributed by atoms with van der Waals surface area (Å²) in [6.45, 7) is 1.55. The molecule has 1 aromatic heterocycles. The van der Waals surface area contributed by atoms with Crippen molar-refractivity contribution in [2.75, 3.05) is 18.5 Å². The first kappa shape index (κ1) is 14.2. The summed E-state index contributed by atoms with van der Waals surface area (Å²) < 4.78 is 10.8. The van der Waals surface area contributed by atoms with Gasteiger partial charge in [0.25, 0.3) is 0 Å². The van der Waals surface area contributed by atoms with Crippen LogP contribution in [0.3, 0.4) is 0 Å². The quantitative estimate of drug-likeness (QED) is 0.875. The van der Waals surface area contributed by atoms with E-state index in [-0.39, 0.29) is 5.91 Å². The topological polar surface area (TPSA) is 64.4 Å². The molecule has 120 valence electrons. The third kappa shape index (κ3) is 3.35. The SMILES string of the molecule is O=C(CC(C1CC1)C1CC1)Nc1cc(C2CCOCC2)on1. The maximum atomic E-state index is 12.3. The van der Waals surface area contributed by atoms with Gasteiger partial charge in [0.2, 0.25) is 5.91 Å². The molecule has 1 aliphatic heterocycles. The Hall–Kier alpha value is -1.36. The van der Waals surface area contributed by atoms with Crippen LogP contribution in [0.5, 0.6) is 0 Å². The van der Waals surface area contributed by atoms with Gasteiger partial charge < -0.3 is 14.6 Å². The summed E-state index contributed by atoms with van der Waals surface area (Å²) in [4.78, 5) is 12.3. The first-order chi connectivity index (χ1) is 10.8. The molecule has 0 atom stereocenters. The van der Waals surface area contributed by atoms with Gasteiger partial charge in [-0.05, 0) is 56.3 Å². The summed E-state index contributed by atoms with van der Waals surface area (Å²) in [5.41, 5.74) is 0. The zero-order valence-corrected chi connectivity index (χ0v) is 12.9. The standard InChI is InChI=1S/C17H24N2O3/c20-17(9-14(11-1-2-11)12-3-4-12)18-16-10-15(22-19-16)13-5-7-21-8-6-13/h10-14H,1-9H2,(H,18,19,20). The van der Waals surface area contributed by atoms with Crippen LogP contribution >= 0.6 is 0 Å². The molecule has 5 nitrogen and oxygen atoms in total. The summed E-state index contributed by atoms with van der Waals surface area (Å²) in [7, 11) is 0. The van der Waals surface area contributed by atoms with Crippen molar-refractivity contribution in [1.82, 2.24) is 5.16 Å². The van der Waals surface area contributed by atoms with Crippen molar-refractivity contribution in [2.45, 2.75) is 50.9 Å². The smallest absolute Gasteiger partial charge is 0.225 e. The number of carbonyl (C=O) groups is 1. The van der Waals surface area contributed by atoms with Gasteiger partial charge in [-0.15, -0.1) is 0 Å². The van der Waals surface area contributed by atoms with E-state index in [1.807, 2.05) is 6.07 Å². The Balaban J connectivity index is 1.32. The molecule has 0 radical (unpaired) electrons. The molecule has 3 aliphatic rings. The molecule has 1 saturated heterocycles. The normalized spacial score (nSPS) is 23.0. The van der Waals surface area contributed by atoms with Crippen LogP contribution in [0.4, 0.5) is 5.82 Å². The van der Waals surface area contributed by atoms with Gasteiger partial charge >= 0.3 is 0 Å². The Kier molecular flexibility index (Phi) is 3.90. The van der Waals surface area contributed by atoms with Crippen molar-refractivity contribution >= 4 is 11.7 Å². The third-order valence-electron chi connectivity index (χ3n) is 5.30. The zero-order chi connectivity index (χ0) is 14.9. The van der Waals surface area contributed by atoms with Crippen LogP contribution in [0.2, 0.25) is 0 Å². The van der Waals surface area contributed by atoms with Crippen molar-refractivity contribution in [3.63, 3.8) is 0 Å². The van der Waals surface area contributed by atoms with Crippen LogP contribution in [-0.2, 0) is 9.53 Å². The lowest BCUT2D eigenvalue weighted by atomic mass is 9.94. The number of nitrogens with zero attached hydrogens (tertiary/aromatic N) is 1. The maximum absolute atomic E-state index is 12.3. The molecule has 3 fully saturated rings. The number of anilines is 1. The van der Waals surface area contributed by atoms with Gasteiger partial charge in [-0.1, -0.05) is 5.16 Å². The molecule has 22 heavy (non-hydrogen) atoms. The highest BCUT2D eigenvalue weighted by atomic mass is 16.5. The van der Waals surface area contributed by atoms with Crippen molar-refractivity contribution in [1.29, 1.82) is 0 Å². The second kappa shape index (κ2) is 6.03. The average Bonchev–Trinajstić information content (AvgIpc) is 3.45. The van der Waals surface area contributed by atoms with E-state index < -0.39 is 0 Å². The van der Waals surface area contributed by atoms with Crippen molar-refractivity contribution in [3.8, 4) is 0 Å². The fourth-order valence-electron chi connectivity index (χ4n) is 3.70. The number of amides is 1. The molecule has 0 bridgehead atoms. The summed E-state index contributed by atoms with van der Waals surface area (Å²) in [5.74, 6) is 4.10. The molecule has 5 heteroatoms. The van der Waals surface area contributed by atoms with E-state index in [0.29, 0.717) is 24.1 Å². The van der Waals surface area contributed by atoms with Crippen LogP contribution in [0.25, 0.3) is 0 Å². The highest BCUT2D eigenvalue weighted by Gasteiger charge is 2.42. The predicted octanol–water partition coefficient (Wildman–Crippen LogP) is 3.33. The maximum Gasteiger partial charge on any atom is 0.225 e. The predicted molar refractivity (Wildman–Crippen MR) is 81.5 cm³/mol. The minimum Gasteiger partial charge on any atom is -0.381 e. The second-order valence-corrected chi connectivity index (χ2v) is 7.09. The van der Waals surface area contributed by atoms with Crippen molar-refractivity contribution in [3.05, 3.63) is 11.8 Å². The van der Waals surface area contributed by atoms with Crippen LogP contribution in [-0.4, -0.2) is 24.3 Å². The van der Waals surface area contributed by atoms with Gasteiger partial charge in [-0.2, -0.15) is 0 Å². The molecule has 2 aliphatic carbocycles. The second-order valence-electron chi connectivity index (χ2n) is 7.09. The Morgan fingerprint density at radius 3 is 2.50 bits per heavy atom. The van der Waals surface area contributed by atoms with Crippen LogP contribution in [0.15, 0.2) is 10.6 Å². The zero-order valence-electron chi connectivity index (χ0n) is 12.9. The summed E-state index contributed by atoms with van der Waals surface area (Å²) >= 11 is 0. The number of rotatable bonds is 6. The van der Waals surface area contributed by atoms with Crippen LogP contribution in [0, 0.1) is 17.8 Å². The Morgan fingerprint density at radius 2 is 1.86 bits per heavy atom. The number of carbonyl (C=O) groups excluding carboxylic acids is 1. The largest absolute Gasteiger partial charge is 0.381 e. The van der Waals surface area contributed by atoms with E-state index in [1.54, 1.807) is 0 Å². The molecule has 1 N–H and O–H groups in total. The van der Waals surface area contributed by atoms with Crippen molar-refractivity contribution < 1.29 is 14.1 Å². The minimum absolute atomic E-state index is 0.0932. The molecule has 0 aromatic carbocycles. The minimum atomic E-state index is 0.0932. The Labute approximate surface area is 130 Å². The molecule has 4 rings (SSSR count). The Morgan fingerprint density at radius 1 is 1.18 bits per heavy atom. The lowest BCUT2D eigenvalue weighted by Gasteiger charge is -2.18. The highest BCUT2D eigenvalue weighted by molar-refractivity contribution is 5.89. The molecular weight excluding hydrogens is 280 g/mol. The van der Waals surface area contributed by atoms with Gasteiger partial charge in [0, 0.05) is 31.6 Å². The number of hydrogen-bond acceptors (Lipinski definition) is 4. The summed E-state index contributed by atoms with van der Waals surface area (Å²) in [6.07, 6.45) is 7.83. The fourth-order valence-corrected chi connectivity index (χ4v) is 3.70. The first-order valence-corrected chi connectivity index (χ1v) is 8.64.